The van der Waals surface area contributed by atoms with Gasteiger partial charge in [-0.3, -0.25) is 9.59 Å². The van der Waals surface area contributed by atoms with E-state index < -0.39 is 65.6 Å². The van der Waals surface area contributed by atoms with Gasteiger partial charge in [0, 0.05) is 11.8 Å². The molecule has 4 aliphatic carbocycles. The molecule has 12 heteroatoms. The van der Waals surface area contributed by atoms with E-state index in [9.17, 15) is 40.2 Å². The zero-order chi connectivity index (χ0) is 38.7. The Balaban J connectivity index is 1.10. The minimum atomic E-state index is -2.25. The number of hydrogen-bond acceptors (Lipinski definition) is 12. The highest BCUT2D eigenvalue weighted by Gasteiger charge is 2.61. The average molecular weight is 753 g/mol. The van der Waals surface area contributed by atoms with Gasteiger partial charge in [0.1, 0.15) is 41.2 Å². The van der Waals surface area contributed by atoms with E-state index in [-0.39, 0.29) is 41.1 Å². The first-order chi connectivity index (χ1) is 26.4. The fraction of sp³-hybridized carbons (Fsp3) is 0.465. The number of anilines is 1. The van der Waals surface area contributed by atoms with Crippen molar-refractivity contribution in [2.45, 2.75) is 100 Å². The van der Waals surface area contributed by atoms with Gasteiger partial charge in [0.25, 0.3) is 0 Å². The Bertz CT molecular complexity index is 2060. The molecule has 1 spiro atoms. The lowest BCUT2D eigenvalue weighted by Crippen LogP contribution is -2.69. The summed E-state index contributed by atoms with van der Waals surface area (Å²) in [5.74, 6) is -3.23. The molecule has 2 saturated carbocycles. The molecule has 12 nitrogen and oxygen atoms in total. The molecular formula is C43H48N2O10. The number of pyridine rings is 1. The topological polar surface area (TPSA) is 213 Å². The van der Waals surface area contributed by atoms with Gasteiger partial charge in [-0.25, -0.2) is 4.98 Å². The lowest BCUT2D eigenvalue weighted by molar-refractivity contribution is -0.318. The fourth-order valence-corrected chi connectivity index (χ4v) is 10.4. The number of benzene rings is 2. The Kier molecular flexibility index (Phi) is 9.72. The van der Waals surface area contributed by atoms with Gasteiger partial charge >= 0.3 is 0 Å². The summed E-state index contributed by atoms with van der Waals surface area (Å²) in [6, 6.07) is 15.4. The normalized spacial score (nSPS) is 32.5. The lowest BCUT2D eigenvalue weighted by atomic mass is 9.65. The number of aromatic nitrogens is 1. The maximum Gasteiger partial charge on any atom is 0.229 e. The second kappa shape index (κ2) is 14.3. The van der Waals surface area contributed by atoms with E-state index in [2.05, 4.69) is 4.98 Å². The van der Waals surface area contributed by atoms with Crippen LogP contribution < -0.4 is 10.5 Å². The second-order valence-corrected chi connectivity index (χ2v) is 16.4. The van der Waals surface area contributed by atoms with Crippen molar-refractivity contribution in [3.05, 3.63) is 112 Å². The molecule has 1 saturated heterocycles. The number of nitrogens with zero attached hydrogens (tertiary/aromatic N) is 1. The van der Waals surface area contributed by atoms with E-state index in [1.165, 1.54) is 24.3 Å². The Hall–Kier alpha value is -4.43. The summed E-state index contributed by atoms with van der Waals surface area (Å²) < 4.78 is 12.1. The highest BCUT2D eigenvalue weighted by Crippen LogP contribution is 2.61. The maximum absolute atomic E-state index is 14.2. The first kappa shape index (κ1) is 37.5. The fourth-order valence-electron chi connectivity index (χ4n) is 10.4. The predicted octanol–water partition coefficient (Wildman–Crippen LogP) is 4.01. The van der Waals surface area contributed by atoms with Crippen molar-refractivity contribution >= 4 is 17.4 Å². The minimum Gasteiger partial charge on any atom is -0.511 e. The van der Waals surface area contributed by atoms with Gasteiger partial charge in [-0.2, -0.15) is 0 Å². The van der Waals surface area contributed by atoms with E-state index in [1.807, 2.05) is 24.3 Å². The van der Waals surface area contributed by atoms with Crippen molar-refractivity contribution < 1.29 is 49.7 Å². The quantitative estimate of drug-likeness (QED) is 0.165. The average Bonchev–Trinajstić information content (AvgIpc) is 3.80. The van der Waals surface area contributed by atoms with E-state index in [1.54, 1.807) is 24.4 Å². The lowest BCUT2D eigenvalue weighted by Gasteiger charge is -2.51. The van der Waals surface area contributed by atoms with Crippen LogP contribution in [0.1, 0.15) is 88.8 Å². The Morgan fingerprint density at radius 1 is 0.927 bits per heavy atom. The molecule has 0 amide bonds. The van der Waals surface area contributed by atoms with Crippen molar-refractivity contribution in [3.8, 4) is 5.75 Å². The molecule has 2 aromatic carbocycles. The summed E-state index contributed by atoms with van der Waals surface area (Å²) in [5.41, 5.74) is 6.29. The summed E-state index contributed by atoms with van der Waals surface area (Å²) in [7, 11) is 0. The van der Waals surface area contributed by atoms with Gasteiger partial charge in [0.05, 0.1) is 30.6 Å². The standard InChI is InChI=1S/C43H48N2O10/c44-33-19-27(9-14-45-33)42(13-12-41(22-42)10-1-2-11-41)23-43(53)38(51)32(21-47)55-40(39(43)52)54-31-8-4-7-28-35(31)37(50)34-29(36(28)49)17-26(18-30(34)48)16-24-5-3-6-25(15-24)20-46/h3-9,14-15,17-19,29,32,34,38-40,46-48,51-53H,1-2,10-13,16,20-23H2,(H2,44,45)/t29-,32+,34-,38+,39-,40+,42+,43-/m0/s1. The van der Waals surface area contributed by atoms with Gasteiger partial charge in [0.15, 0.2) is 11.6 Å². The number of Topliss-reactive ketones (excluding diaryl/α,β-unsaturated/α-hetero) is 2. The number of ketones is 2. The van der Waals surface area contributed by atoms with Crippen LogP contribution in [0, 0.1) is 17.3 Å². The van der Waals surface area contributed by atoms with Crippen LogP contribution >= 0.6 is 0 Å². The number of aliphatic hydroxyl groups excluding tert-OH is 5. The Labute approximate surface area is 319 Å². The highest BCUT2D eigenvalue weighted by atomic mass is 16.7. The monoisotopic (exact) mass is 752 g/mol. The summed E-state index contributed by atoms with van der Waals surface area (Å²) in [6.07, 6.45) is 5.02. The molecule has 8 N–H and O–H groups in total. The summed E-state index contributed by atoms with van der Waals surface area (Å²) in [5, 5.41) is 67.3. The molecule has 8 atom stereocenters. The minimum absolute atomic E-state index is 0.0513. The molecule has 55 heavy (non-hydrogen) atoms. The molecule has 3 fully saturated rings. The molecule has 3 aromatic rings. The summed E-state index contributed by atoms with van der Waals surface area (Å²) in [4.78, 5) is 32.5. The smallest absolute Gasteiger partial charge is 0.229 e. The molecule has 0 unspecified atom stereocenters. The van der Waals surface area contributed by atoms with E-state index in [0.717, 1.165) is 48.8 Å². The van der Waals surface area contributed by atoms with Gasteiger partial charge in [0.2, 0.25) is 6.29 Å². The number of nitrogens with two attached hydrogens (primary N) is 1. The van der Waals surface area contributed by atoms with Gasteiger partial charge in [-0.15, -0.1) is 0 Å². The zero-order valence-corrected chi connectivity index (χ0v) is 30.5. The first-order valence-corrected chi connectivity index (χ1v) is 19.1. The molecule has 290 valence electrons. The van der Waals surface area contributed by atoms with Gasteiger partial charge in [-0.05, 0) is 102 Å². The van der Waals surface area contributed by atoms with Gasteiger partial charge < -0.3 is 45.8 Å². The molecule has 0 radical (unpaired) electrons. The van der Waals surface area contributed by atoms with Crippen LogP contribution in [0.2, 0.25) is 0 Å². The number of fused-ring (bicyclic) bond motifs is 2. The highest BCUT2D eigenvalue weighted by molar-refractivity contribution is 6.19. The van der Waals surface area contributed by atoms with E-state index in [4.69, 9.17) is 15.2 Å². The number of aliphatic hydroxyl groups is 6. The summed E-state index contributed by atoms with van der Waals surface area (Å²) >= 11 is 0. The van der Waals surface area contributed by atoms with Crippen molar-refractivity contribution in [1.29, 1.82) is 0 Å². The number of nitrogen functional groups attached to an aromatic ring is 1. The molecule has 0 bridgehead atoms. The number of carbonyl (C=O) groups is 2. The molecular weight excluding hydrogens is 704 g/mol. The molecule has 2 heterocycles. The maximum atomic E-state index is 14.2. The second-order valence-electron chi connectivity index (χ2n) is 16.4. The van der Waals surface area contributed by atoms with Crippen LogP contribution in [0.4, 0.5) is 5.82 Å². The SMILES string of the molecule is Nc1cc([C@]2(C[C@]3(O)[C@H](O)[C@@H](CO)O[C@@H](Oc4cccc5c4C(=O)[C@@H]4C(O)=CC(Cc6cccc(CO)c6)=C[C@@H]4C5=O)[C@@H]3O)CCC3(CCCC3)C2)ccn1. The Morgan fingerprint density at radius 2 is 1.69 bits per heavy atom. The van der Waals surface area contributed by atoms with Crippen LogP contribution in [-0.4, -0.2) is 84.0 Å². The molecule has 8 rings (SSSR count). The number of ether oxygens (including phenoxy) is 2. The number of rotatable bonds is 9. The molecule has 1 aromatic heterocycles. The van der Waals surface area contributed by atoms with Crippen molar-refractivity contribution in [2.24, 2.45) is 17.3 Å². The first-order valence-electron chi connectivity index (χ1n) is 19.1. The third-order valence-corrected chi connectivity index (χ3v) is 13.0. The van der Waals surface area contributed by atoms with Crippen molar-refractivity contribution in [2.75, 3.05) is 12.3 Å². The van der Waals surface area contributed by atoms with Crippen molar-refractivity contribution in [1.82, 2.24) is 4.98 Å². The number of allylic oxidation sites excluding steroid dienone is 4. The van der Waals surface area contributed by atoms with Gasteiger partial charge in [-0.1, -0.05) is 55.3 Å². The third kappa shape index (κ3) is 6.48. The van der Waals surface area contributed by atoms with Crippen LogP contribution in [0.5, 0.6) is 5.75 Å². The van der Waals surface area contributed by atoms with Crippen LogP contribution in [-0.2, 0) is 23.2 Å². The molecule has 1 aliphatic heterocycles. The summed E-state index contributed by atoms with van der Waals surface area (Å²) in [6.45, 7) is -0.834. The predicted molar refractivity (Wildman–Crippen MR) is 200 cm³/mol. The van der Waals surface area contributed by atoms with E-state index >= 15 is 0 Å². The van der Waals surface area contributed by atoms with E-state index in [0.29, 0.717) is 30.7 Å². The van der Waals surface area contributed by atoms with Crippen molar-refractivity contribution in [3.63, 3.8) is 0 Å². The Morgan fingerprint density at radius 3 is 2.44 bits per heavy atom. The number of carbonyl (C=O) groups excluding carboxylic acids is 2. The van der Waals surface area contributed by atoms with Crippen LogP contribution in [0.25, 0.3) is 0 Å². The number of hydrogen-bond donors (Lipinski definition) is 7. The largest absolute Gasteiger partial charge is 0.511 e. The molecule has 5 aliphatic rings. The third-order valence-electron chi connectivity index (χ3n) is 13.0. The van der Waals surface area contributed by atoms with Crippen LogP contribution in [0.3, 0.4) is 0 Å². The zero-order valence-electron chi connectivity index (χ0n) is 30.5. The van der Waals surface area contributed by atoms with Crippen LogP contribution in [0.15, 0.2) is 84.3 Å².